The number of nitrogens with zero attached hydrogens (tertiary/aromatic N) is 3. The molecule has 1 aromatic carbocycles. The zero-order chi connectivity index (χ0) is 16.1. The van der Waals surface area contributed by atoms with Crippen molar-refractivity contribution in [3.05, 3.63) is 48.3 Å². The summed E-state index contributed by atoms with van der Waals surface area (Å²) in [4.78, 5) is 31.3. The van der Waals surface area contributed by atoms with Gasteiger partial charge in [-0.3, -0.25) is 9.88 Å². The number of amides is 2. The van der Waals surface area contributed by atoms with Gasteiger partial charge in [0.15, 0.2) is 5.82 Å². The molecule has 7 heteroatoms. The summed E-state index contributed by atoms with van der Waals surface area (Å²) in [6.07, 6.45) is 5.53. The Morgan fingerprint density at radius 2 is 2.09 bits per heavy atom. The lowest BCUT2D eigenvalue weighted by molar-refractivity contribution is -0.131. The average Bonchev–Trinajstić information content (AvgIpc) is 2.52. The maximum absolute atomic E-state index is 11.2. The number of hydrogen-bond donors (Lipinski definition) is 2. The molecule has 1 aromatic heterocycles. The summed E-state index contributed by atoms with van der Waals surface area (Å²) in [5, 5.41) is 8.65. The highest BCUT2D eigenvalue weighted by molar-refractivity contribution is 5.89. The number of carboxylic acids is 1. The average molecular weight is 298 g/mol. The first-order chi connectivity index (χ1) is 10.5. The van der Waals surface area contributed by atoms with Crippen LogP contribution in [0, 0.1) is 0 Å². The molecule has 2 amide bonds. The quantitative estimate of drug-likeness (QED) is 0.836. The lowest BCUT2D eigenvalue weighted by atomic mass is 10.1. The van der Waals surface area contributed by atoms with Crippen LogP contribution in [0.2, 0.25) is 0 Å². The van der Waals surface area contributed by atoms with Gasteiger partial charge in [0.2, 0.25) is 0 Å². The molecule has 0 saturated carbocycles. The summed E-state index contributed by atoms with van der Waals surface area (Å²) < 4.78 is 0. The molecule has 0 saturated heterocycles. The van der Waals surface area contributed by atoms with E-state index in [9.17, 15) is 9.59 Å². The molecule has 0 aliphatic rings. The molecule has 0 spiro atoms. The number of carbonyl (C=O) groups is 2. The molecule has 1 heterocycles. The Balaban J connectivity index is 2.36. The van der Waals surface area contributed by atoms with E-state index in [0.29, 0.717) is 11.5 Å². The molecule has 7 nitrogen and oxygen atoms in total. The number of aliphatic carboxylic acids is 1. The topological polar surface area (TPSA) is 109 Å². The fourth-order valence-electron chi connectivity index (χ4n) is 1.74. The molecule has 2 rings (SSSR count). The number of hydrogen-bond acceptors (Lipinski definition) is 4. The summed E-state index contributed by atoms with van der Waals surface area (Å²) in [6, 6.07) is 6.51. The van der Waals surface area contributed by atoms with Gasteiger partial charge < -0.3 is 10.8 Å². The summed E-state index contributed by atoms with van der Waals surface area (Å²) in [7, 11) is 1.50. The molecular weight excluding hydrogens is 284 g/mol. The van der Waals surface area contributed by atoms with Crippen LogP contribution in [0.15, 0.2) is 42.7 Å². The van der Waals surface area contributed by atoms with Gasteiger partial charge >= 0.3 is 12.0 Å². The van der Waals surface area contributed by atoms with Crippen LogP contribution in [0.1, 0.15) is 5.56 Å². The molecular formula is C15H14N4O3. The number of anilines is 1. The van der Waals surface area contributed by atoms with E-state index in [1.807, 2.05) is 6.07 Å². The summed E-state index contributed by atoms with van der Waals surface area (Å²) >= 11 is 0. The van der Waals surface area contributed by atoms with Crippen molar-refractivity contribution in [2.75, 3.05) is 11.9 Å². The number of carbonyl (C=O) groups excluding carboxylic acids is 1. The normalized spacial score (nSPS) is 10.6. The first-order valence-corrected chi connectivity index (χ1v) is 6.34. The third-order valence-corrected chi connectivity index (χ3v) is 2.90. The summed E-state index contributed by atoms with van der Waals surface area (Å²) in [5.74, 6) is -0.688. The van der Waals surface area contributed by atoms with E-state index in [1.54, 1.807) is 24.4 Å². The van der Waals surface area contributed by atoms with Crippen LogP contribution in [-0.2, 0) is 4.79 Å². The van der Waals surface area contributed by atoms with Crippen molar-refractivity contribution in [2.45, 2.75) is 0 Å². The lowest BCUT2D eigenvalue weighted by Gasteiger charge is -2.13. The van der Waals surface area contributed by atoms with Crippen LogP contribution in [0.4, 0.5) is 10.6 Å². The third-order valence-electron chi connectivity index (χ3n) is 2.90. The molecule has 0 atom stereocenters. The predicted octanol–water partition coefficient (Wildman–Crippen LogP) is 1.76. The largest absolute Gasteiger partial charge is 0.478 e. The number of aromatic nitrogens is 2. The molecule has 0 unspecified atom stereocenters. The first kappa shape index (κ1) is 15.2. The molecule has 2 aromatic rings. The highest BCUT2D eigenvalue weighted by atomic mass is 16.4. The van der Waals surface area contributed by atoms with E-state index >= 15 is 0 Å². The third kappa shape index (κ3) is 3.66. The maximum atomic E-state index is 11.2. The van der Waals surface area contributed by atoms with Crippen LogP contribution >= 0.6 is 0 Å². The van der Waals surface area contributed by atoms with Crippen molar-refractivity contribution in [3.8, 4) is 11.3 Å². The molecule has 0 aliphatic heterocycles. The van der Waals surface area contributed by atoms with Gasteiger partial charge in [-0.05, 0) is 17.7 Å². The number of carboxylic acid groups (broad SMARTS) is 1. The van der Waals surface area contributed by atoms with E-state index in [0.717, 1.165) is 17.2 Å². The second-order valence-electron chi connectivity index (χ2n) is 4.46. The summed E-state index contributed by atoms with van der Waals surface area (Å²) in [6.45, 7) is 0. The first-order valence-electron chi connectivity index (χ1n) is 6.34. The standard InChI is InChI=1S/C15H14N4O3/c1-19(15(16)22)13-9-17-8-12(18-13)11-4-2-3-10(7-11)5-6-14(20)21/h2-9H,1H3,(H2,16,22)(H,20,21). The van der Waals surface area contributed by atoms with Crippen LogP contribution in [0.3, 0.4) is 0 Å². The molecule has 0 aliphatic carbocycles. The Bertz CT molecular complexity index is 743. The van der Waals surface area contributed by atoms with Crippen molar-refractivity contribution in [3.63, 3.8) is 0 Å². The predicted molar refractivity (Wildman–Crippen MR) is 82.1 cm³/mol. The van der Waals surface area contributed by atoms with Crippen LogP contribution < -0.4 is 10.6 Å². The fraction of sp³-hybridized carbons (Fsp3) is 0.0667. The zero-order valence-electron chi connectivity index (χ0n) is 11.8. The van der Waals surface area contributed by atoms with Crippen LogP contribution in [0.5, 0.6) is 0 Å². The fourth-order valence-corrected chi connectivity index (χ4v) is 1.74. The molecule has 0 fully saturated rings. The number of primary amides is 1. The molecule has 112 valence electrons. The second-order valence-corrected chi connectivity index (χ2v) is 4.46. The zero-order valence-corrected chi connectivity index (χ0v) is 11.8. The van der Waals surface area contributed by atoms with E-state index in [1.165, 1.54) is 24.2 Å². The van der Waals surface area contributed by atoms with E-state index in [4.69, 9.17) is 10.8 Å². The van der Waals surface area contributed by atoms with Crippen molar-refractivity contribution >= 4 is 23.9 Å². The Kier molecular flexibility index (Phi) is 4.47. The van der Waals surface area contributed by atoms with E-state index in [2.05, 4.69) is 9.97 Å². The minimum absolute atomic E-state index is 0.330. The van der Waals surface area contributed by atoms with Gasteiger partial charge in [-0.2, -0.15) is 0 Å². The molecule has 0 radical (unpaired) electrons. The van der Waals surface area contributed by atoms with Gasteiger partial charge in [-0.1, -0.05) is 18.2 Å². The van der Waals surface area contributed by atoms with Crippen molar-refractivity contribution in [1.29, 1.82) is 0 Å². The Labute approximate surface area is 126 Å². The minimum Gasteiger partial charge on any atom is -0.478 e. The molecule has 22 heavy (non-hydrogen) atoms. The SMILES string of the molecule is CN(C(N)=O)c1cncc(-c2cccc(C=CC(=O)O)c2)n1. The van der Waals surface area contributed by atoms with Crippen molar-refractivity contribution in [1.82, 2.24) is 9.97 Å². The van der Waals surface area contributed by atoms with Gasteiger partial charge in [0.05, 0.1) is 18.1 Å². The smallest absolute Gasteiger partial charge is 0.328 e. The summed E-state index contributed by atoms with van der Waals surface area (Å²) in [5.41, 5.74) is 7.22. The Morgan fingerprint density at radius 3 is 2.77 bits per heavy atom. The molecule has 0 bridgehead atoms. The van der Waals surface area contributed by atoms with Gasteiger partial charge in [-0.25, -0.2) is 14.6 Å². The Morgan fingerprint density at radius 1 is 1.32 bits per heavy atom. The number of rotatable bonds is 4. The van der Waals surface area contributed by atoms with Gasteiger partial charge in [0, 0.05) is 18.7 Å². The van der Waals surface area contributed by atoms with Gasteiger partial charge in [0.1, 0.15) is 0 Å². The number of benzene rings is 1. The highest BCUT2D eigenvalue weighted by Gasteiger charge is 2.10. The second kappa shape index (κ2) is 6.49. The van der Waals surface area contributed by atoms with Crippen LogP contribution in [0.25, 0.3) is 17.3 Å². The van der Waals surface area contributed by atoms with Crippen molar-refractivity contribution in [2.24, 2.45) is 5.73 Å². The van der Waals surface area contributed by atoms with Crippen molar-refractivity contribution < 1.29 is 14.7 Å². The van der Waals surface area contributed by atoms with Gasteiger partial charge in [0.25, 0.3) is 0 Å². The highest BCUT2D eigenvalue weighted by Crippen LogP contribution is 2.20. The van der Waals surface area contributed by atoms with E-state index < -0.39 is 12.0 Å². The minimum atomic E-state index is -1.02. The number of urea groups is 1. The maximum Gasteiger partial charge on any atom is 0.328 e. The van der Waals surface area contributed by atoms with E-state index in [-0.39, 0.29) is 0 Å². The lowest BCUT2D eigenvalue weighted by Crippen LogP contribution is -2.32. The van der Waals surface area contributed by atoms with Crippen LogP contribution in [-0.4, -0.2) is 34.1 Å². The van der Waals surface area contributed by atoms with Gasteiger partial charge in [-0.15, -0.1) is 0 Å². The monoisotopic (exact) mass is 298 g/mol. The Hall–Kier alpha value is -3.22. The number of nitrogens with two attached hydrogens (primary N) is 1. The molecule has 3 N–H and O–H groups in total.